The number of thiazole rings is 1. The highest BCUT2D eigenvalue weighted by Gasteiger charge is 2.31. The lowest BCUT2D eigenvalue weighted by atomic mass is 10.1. The fraction of sp³-hybridized carbons (Fsp3) is 0.250. The maximum atomic E-state index is 12.9. The van der Waals surface area contributed by atoms with Gasteiger partial charge in [0, 0.05) is 5.56 Å². The van der Waals surface area contributed by atoms with Crippen molar-refractivity contribution >= 4 is 33.4 Å². The molecule has 152 valence electrons. The molecule has 1 aromatic heterocycles. The van der Waals surface area contributed by atoms with Crippen LogP contribution in [0.3, 0.4) is 0 Å². The highest BCUT2D eigenvalue weighted by atomic mass is 32.1. The van der Waals surface area contributed by atoms with Gasteiger partial charge in [-0.3, -0.25) is 4.79 Å². The first-order valence-electron chi connectivity index (χ1n) is 8.72. The van der Waals surface area contributed by atoms with Crippen LogP contribution in [0.15, 0.2) is 47.5 Å². The summed E-state index contributed by atoms with van der Waals surface area (Å²) >= 11 is 1.12. The quantitative estimate of drug-likeness (QED) is 0.656. The second-order valence-corrected chi connectivity index (χ2v) is 7.49. The molecular weight excluding hydrogens is 405 g/mol. The molecule has 1 atom stereocenters. The summed E-state index contributed by atoms with van der Waals surface area (Å²) in [6, 6.07) is 8.45. The van der Waals surface area contributed by atoms with Gasteiger partial charge in [0.1, 0.15) is 6.04 Å². The first kappa shape index (κ1) is 20.8. The van der Waals surface area contributed by atoms with Crippen molar-refractivity contribution in [2.75, 3.05) is 0 Å². The Balaban J connectivity index is 2.19. The molecule has 0 saturated heterocycles. The van der Waals surface area contributed by atoms with E-state index in [-0.39, 0.29) is 16.8 Å². The Morgan fingerprint density at radius 3 is 2.55 bits per heavy atom. The Labute approximate surface area is 167 Å². The number of carboxylic acid groups (broad SMARTS) is 1. The van der Waals surface area contributed by atoms with Gasteiger partial charge in [0.15, 0.2) is 4.80 Å². The third-order valence-electron chi connectivity index (χ3n) is 4.40. The van der Waals surface area contributed by atoms with Crippen LogP contribution in [0.5, 0.6) is 0 Å². The number of nitrogens with zero attached hydrogens (tertiary/aromatic N) is 2. The van der Waals surface area contributed by atoms with Crippen molar-refractivity contribution in [2.24, 2.45) is 4.99 Å². The summed E-state index contributed by atoms with van der Waals surface area (Å²) in [5, 5.41) is 9.59. The number of carboxylic acids is 1. The zero-order chi connectivity index (χ0) is 21.3. The van der Waals surface area contributed by atoms with Gasteiger partial charge in [-0.05, 0) is 49.2 Å². The van der Waals surface area contributed by atoms with Crippen molar-refractivity contribution in [3.8, 4) is 0 Å². The van der Waals surface area contributed by atoms with Gasteiger partial charge in [-0.25, -0.2) is 4.79 Å². The van der Waals surface area contributed by atoms with Crippen molar-refractivity contribution in [1.29, 1.82) is 0 Å². The van der Waals surface area contributed by atoms with E-state index in [0.29, 0.717) is 5.52 Å². The number of fused-ring (bicyclic) bond motifs is 1. The number of hydrogen-bond acceptors (Lipinski definition) is 3. The number of amides is 1. The molecule has 0 aliphatic rings. The monoisotopic (exact) mass is 422 g/mol. The molecular formula is C20H17F3N2O3S. The van der Waals surface area contributed by atoms with Crippen LogP contribution in [0.2, 0.25) is 0 Å². The van der Waals surface area contributed by atoms with Crippen LogP contribution < -0.4 is 4.80 Å². The Kier molecular flexibility index (Phi) is 5.61. The summed E-state index contributed by atoms with van der Waals surface area (Å²) in [6.45, 7) is 3.57. The Morgan fingerprint density at radius 1 is 1.21 bits per heavy atom. The predicted octanol–water partition coefficient (Wildman–Crippen LogP) is 4.81. The Bertz CT molecular complexity index is 1160. The number of halogens is 3. The zero-order valence-corrected chi connectivity index (χ0v) is 16.3. The minimum atomic E-state index is -4.58. The number of alkyl halides is 3. The number of carbonyl (C=O) groups excluding carboxylic acids is 1. The molecule has 29 heavy (non-hydrogen) atoms. The van der Waals surface area contributed by atoms with Crippen LogP contribution in [0, 0.1) is 6.92 Å². The molecule has 3 rings (SSSR count). The molecule has 1 unspecified atom stereocenters. The van der Waals surface area contributed by atoms with E-state index in [1.54, 1.807) is 13.0 Å². The molecule has 5 nitrogen and oxygen atoms in total. The number of rotatable bonds is 4. The molecule has 2 aromatic carbocycles. The zero-order valence-electron chi connectivity index (χ0n) is 15.5. The number of hydrogen-bond donors (Lipinski definition) is 1. The lowest BCUT2D eigenvalue weighted by molar-refractivity contribution is -0.141. The van der Waals surface area contributed by atoms with Crippen molar-refractivity contribution in [1.82, 2.24) is 4.57 Å². The van der Waals surface area contributed by atoms with Gasteiger partial charge in [0.2, 0.25) is 0 Å². The lowest BCUT2D eigenvalue weighted by Gasteiger charge is -2.13. The molecule has 0 saturated carbocycles. The fourth-order valence-corrected chi connectivity index (χ4v) is 4.14. The van der Waals surface area contributed by atoms with Gasteiger partial charge in [-0.2, -0.15) is 18.2 Å². The number of carbonyl (C=O) groups is 2. The Morgan fingerprint density at radius 2 is 1.93 bits per heavy atom. The number of aromatic nitrogens is 1. The SMILES string of the molecule is CCC(C(=O)O)n1/c(=N/C(=O)c2cccc(C(F)(F)F)c2)sc2cc(C)ccc21. The molecule has 0 aliphatic heterocycles. The smallest absolute Gasteiger partial charge is 0.416 e. The summed E-state index contributed by atoms with van der Waals surface area (Å²) in [4.78, 5) is 28.4. The third kappa shape index (κ3) is 4.24. The van der Waals surface area contributed by atoms with E-state index in [1.165, 1.54) is 10.6 Å². The minimum Gasteiger partial charge on any atom is -0.480 e. The summed E-state index contributed by atoms with van der Waals surface area (Å²) in [5.41, 5.74) is 0.384. The third-order valence-corrected chi connectivity index (χ3v) is 5.42. The first-order chi connectivity index (χ1) is 13.6. The van der Waals surface area contributed by atoms with Crippen LogP contribution in [-0.4, -0.2) is 21.6 Å². The lowest BCUT2D eigenvalue weighted by Crippen LogP contribution is -2.27. The topological polar surface area (TPSA) is 71.7 Å². The highest BCUT2D eigenvalue weighted by Crippen LogP contribution is 2.30. The van der Waals surface area contributed by atoms with Gasteiger partial charge in [0.05, 0.1) is 15.8 Å². The second kappa shape index (κ2) is 7.82. The standard InChI is InChI=1S/C20H17F3N2O3S/c1-3-14(18(27)28)25-15-8-7-11(2)9-16(15)29-19(25)24-17(26)12-5-4-6-13(10-12)20(21,22)23/h4-10,14H,3H2,1-2H3,(H,27,28)/b24-19-. The predicted molar refractivity (Wildman–Crippen MR) is 103 cm³/mol. The van der Waals surface area contributed by atoms with Crippen LogP contribution >= 0.6 is 11.3 Å². The van der Waals surface area contributed by atoms with Crippen LogP contribution in [-0.2, 0) is 11.0 Å². The molecule has 0 spiro atoms. The number of aryl methyl sites for hydroxylation is 1. The largest absolute Gasteiger partial charge is 0.480 e. The highest BCUT2D eigenvalue weighted by molar-refractivity contribution is 7.16. The van der Waals surface area contributed by atoms with Crippen molar-refractivity contribution in [2.45, 2.75) is 32.5 Å². The number of aliphatic carboxylic acids is 1. The molecule has 0 fully saturated rings. The average Bonchev–Trinajstić information content (AvgIpc) is 2.98. The van der Waals surface area contributed by atoms with E-state index in [9.17, 15) is 27.9 Å². The van der Waals surface area contributed by atoms with Crippen molar-refractivity contribution in [3.63, 3.8) is 0 Å². The van der Waals surface area contributed by atoms with Gasteiger partial charge in [-0.15, -0.1) is 0 Å². The first-order valence-corrected chi connectivity index (χ1v) is 9.54. The summed E-state index contributed by atoms with van der Waals surface area (Å²) in [7, 11) is 0. The molecule has 0 aliphatic carbocycles. The fourth-order valence-electron chi connectivity index (χ4n) is 2.98. The summed E-state index contributed by atoms with van der Waals surface area (Å²) in [5.74, 6) is -1.95. The molecule has 1 amide bonds. The van der Waals surface area contributed by atoms with Gasteiger partial charge in [-0.1, -0.05) is 30.4 Å². The van der Waals surface area contributed by atoms with E-state index in [2.05, 4.69) is 4.99 Å². The van der Waals surface area contributed by atoms with Crippen molar-refractivity contribution in [3.05, 3.63) is 64.0 Å². The van der Waals surface area contributed by atoms with Gasteiger partial charge in [0.25, 0.3) is 5.91 Å². The normalized spacial score (nSPS) is 13.6. The molecule has 9 heteroatoms. The maximum absolute atomic E-state index is 12.9. The van der Waals surface area contributed by atoms with Gasteiger partial charge < -0.3 is 9.67 Å². The van der Waals surface area contributed by atoms with Gasteiger partial charge >= 0.3 is 12.1 Å². The maximum Gasteiger partial charge on any atom is 0.416 e. The summed E-state index contributed by atoms with van der Waals surface area (Å²) < 4.78 is 41.0. The molecule has 1 N–H and O–H groups in total. The molecule has 1 heterocycles. The van der Waals surface area contributed by atoms with Crippen LogP contribution in [0.1, 0.15) is 40.9 Å². The van der Waals surface area contributed by atoms with E-state index >= 15 is 0 Å². The Hall–Kier alpha value is -2.94. The van der Waals surface area contributed by atoms with Crippen LogP contribution in [0.25, 0.3) is 10.2 Å². The van der Waals surface area contributed by atoms with E-state index in [1.807, 2.05) is 19.1 Å². The average molecular weight is 422 g/mol. The van der Waals surface area contributed by atoms with E-state index in [4.69, 9.17) is 0 Å². The second-order valence-electron chi connectivity index (χ2n) is 6.48. The van der Waals surface area contributed by atoms with E-state index < -0.39 is 29.7 Å². The number of benzene rings is 2. The minimum absolute atomic E-state index is 0.127. The molecule has 3 aromatic rings. The van der Waals surface area contributed by atoms with Crippen LogP contribution in [0.4, 0.5) is 13.2 Å². The van der Waals surface area contributed by atoms with Crippen molar-refractivity contribution < 1.29 is 27.9 Å². The molecule has 0 radical (unpaired) electrons. The summed E-state index contributed by atoms with van der Waals surface area (Å²) in [6.07, 6.45) is -4.33. The van der Waals surface area contributed by atoms with E-state index in [0.717, 1.165) is 39.8 Å². The molecule has 0 bridgehead atoms.